The number of pyridine rings is 1. The summed E-state index contributed by atoms with van der Waals surface area (Å²) in [5.41, 5.74) is 6.19. The monoisotopic (exact) mass is 251 g/mol. The second kappa shape index (κ2) is 6.10. The molecule has 0 spiro atoms. The third-order valence-electron chi connectivity index (χ3n) is 1.35. The van der Waals surface area contributed by atoms with Gasteiger partial charge in [0.2, 0.25) is 5.88 Å². The van der Waals surface area contributed by atoms with Crippen LogP contribution >= 0.6 is 0 Å². The zero-order valence-electron chi connectivity index (χ0n) is 8.71. The number of rotatable bonds is 2. The molecule has 5 N–H and O–H groups in total. The minimum absolute atomic E-state index is 0.559. The van der Waals surface area contributed by atoms with Gasteiger partial charge in [0.25, 0.3) is 0 Å². The van der Waals surface area contributed by atoms with Crippen molar-refractivity contribution in [2.45, 2.75) is 0 Å². The first-order valence-electron chi connectivity index (χ1n) is 3.96. The molecule has 0 aliphatic heterocycles. The van der Waals surface area contributed by atoms with Crippen LogP contribution in [0.4, 0.5) is 11.5 Å². The van der Waals surface area contributed by atoms with Crippen LogP contribution in [0.3, 0.4) is 0 Å². The summed E-state index contributed by atoms with van der Waals surface area (Å²) in [6, 6.07) is 3.47. The second-order valence-corrected chi connectivity index (χ2v) is 3.38. The summed E-state index contributed by atoms with van der Waals surface area (Å²) in [7, 11) is -1.34. The molecule has 0 radical (unpaired) electrons. The van der Waals surface area contributed by atoms with Crippen molar-refractivity contribution in [3.63, 3.8) is 0 Å². The zero-order chi connectivity index (χ0) is 12.8. The lowest BCUT2D eigenvalue weighted by molar-refractivity contribution is 0.381. The maximum Gasteiger partial charge on any atom is 0.394 e. The second-order valence-electron chi connectivity index (χ2n) is 2.49. The summed E-state index contributed by atoms with van der Waals surface area (Å²) < 4.78 is 36.5. The molecule has 0 saturated carbocycles. The lowest BCUT2D eigenvalue weighted by atomic mass is 10.4. The van der Waals surface area contributed by atoms with E-state index in [0.29, 0.717) is 17.4 Å². The molecule has 0 aliphatic carbocycles. The summed E-state index contributed by atoms with van der Waals surface area (Å²) in [6.45, 7) is 0. The van der Waals surface area contributed by atoms with Crippen molar-refractivity contribution in [2.24, 2.45) is 0 Å². The highest BCUT2D eigenvalue weighted by atomic mass is 32.3. The number of anilines is 2. The molecule has 1 aromatic heterocycles. The van der Waals surface area contributed by atoms with Crippen LogP contribution in [-0.4, -0.2) is 36.7 Å². The lowest BCUT2D eigenvalue weighted by Crippen LogP contribution is -1.99. The average molecular weight is 251 g/mol. The fourth-order valence-electron chi connectivity index (χ4n) is 0.766. The maximum atomic E-state index is 8.74. The number of ether oxygens (including phenoxy) is 1. The fraction of sp³-hybridized carbons (Fsp3) is 0.286. The Morgan fingerprint density at radius 1 is 1.44 bits per heavy atom. The van der Waals surface area contributed by atoms with E-state index in [2.05, 4.69) is 10.3 Å². The van der Waals surface area contributed by atoms with Gasteiger partial charge in [-0.1, -0.05) is 0 Å². The molecule has 8 nitrogen and oxygen atoms in total. The first kappa shape index (κ1) is 14.4. The standard InChI is InChI=1S/C7H11N3O.H2O4S/c1-9-7-5(8)3-4-6(10-7)11-2;1-5(2,3)4/h3-4H,8H2,1-2H3,(H,9,10);(H2,1,2,3,4). The number of hydrogen-bond acceptors (Lipinski definition) is 6. The molecule has 0 unspecified atom stereocenters. The van der Waals surface area contributed by atoms with Crippen molar-refractivity contribution in [3.05, 3.63) is 12.1 Å². The molecule has 0 aliphatic rings. The molecule has 1 rings (SSSR count). The quantitative estimate of drug-likeness (QED) is 0.542. The Morgan fingerprint density at radius 3 is 2.31 bits per heavy atom. The van der Waals surface area contributed by atoms with E-state index in [1.165, 1.54) is 0 Å². The molecule has 0 fully saturated rings. The van der Waals surface area contributed by atoms with Crippen LogP contribution in [-0.2, 0) is 10.4 Å². The van der Waals surface area contributed by atoms with Gasteiger partial charge in [0, 0.05) is 13.1 Å². The molecule has 0 aromatic carbocycles. The molecule has 0 bridgehead atoms. The van der Waals surface area contributed by atoms with Gasteiger partial charge >= 0.3 is 10.4 Å². The Bertz CT molecular complexity index is 426. The summed E-state index contributed by atoms with van der Waals surface area (Å²) in [5.74, 6) is 1.20. The van der Waals surface area contributed by atoms with Crippen LogP contribution in [0.2, 0.25) is 0 Å². The molecule has 1 aromatic rings. The van der Waals surface area contributed by atoms with Crippen molar-refractivity contribution >= 4 is 21.9 Å². The summed E-state index contributed by atoms with van der Waals surface area (Å²) in [6.07, 6.45) is 0. The van der Waals surface area contributed by atoms with E-state index in [4.69, 9.17) is 28.0 Å². The van der Waals surface area contributed by atoms with E-state index in [1.807, 2.05) is 0 Å². The van der Waals surface area contributed by atoms with Gasteiger partial charge < -0.3 is 15.8 Å². The minimum Gasteiger partial charge on any atom is -0.481 e. The first-order valence-corrected chi connectivity index (χ1v) is 5.35. The van der Waals surface area contributed by atoms with Gasteiger partial charge in [-0.05, 0) is 6.07 Å². The number of nitrogen functional groups attached to an aromatic ring is 1. The van der Waals surface area contributed by atoms with Gasteiger partial charge in [-0.2, -0.15) is 13.4 Å². The van der Waals surface area contributed by atoms with Crippen molar-refractivity contribution < 1.29 is 22.3 Å². The Kier molecular flexibility index (Phi) is 5.50. The molecule has 1 heterocycles. The van der Waals surface area contributed by atoms with Crippen LogP contribution < -0.4 is 15.8 Å². The number of nitrogens with two attached hydrogens (primary N) is 1. The van der Waals surface area contributed by atoms with E-state index in [9.17, 15) is 0 Å². The zero-order valence-corrected chi connectivity index (χ0v) is 9.52. The summed E-state index contributed by atoms with van der Waals surface area (Å²) >= 11 is 0. The highest BCUT2D eigenvalue weighted by molar-refractivity contribution is 7.79. The molecule has 92 valence electrons. The minimum atomic E-state index is -4.67. The Hall–Kier alpha value is -1.58. The van der Waals surface area contributed by atoms with Gasteiger partial charge in [-0.3, -0.25) is 9.11 Å². The van der Waals surface area contributed by atoms with E-state index in [-0.39, 0.29) is 0 Å². The van der Waals surface area contributed by atoms with Crippen molar-refractivity contribution in [1.82, 2.24) is 4.98 Å². The SMILES string of the molecule is CNc1nc(OC)ccc1N.O=S(=O)(O)O. The van der Waals surface area contributed by atoms with Gasteiger partial charge in [0.1, 0.15) is 0 Å². The predicted octanol–water partition coefficient (Wildman–Crippen LogP) is 0.0613. The van der Waals surface area contributed by atoms with Crippen molar-refractivity contribution in [1.29, 1.82) is 0 Å². The number of nitrogens with one attached hydrogen (secondary N) is 1. The normalized spacial score (nSPS) is 10.0. The molecule has 0 atom stereocenters. The van der Waals surface area contributed by atoms with Crippen molar-refractivity contribution in [3.8, 4) is 5.88 Å². The average Bonchev–Trinajstić information content (AvgIpc) is 2.16. The molecular weight excluding hydrogens is 238 g/mol. The highest BCUT2D eigenvalue weighted by Gasteiger charge is 1.99. The lowest BCUT2D eigenvalue weighted by Gasteiger charge is -2.04. The molecule has 0 amide bonds. The van der Waals surface area contributed by atoms with Gasteiger partial charge in [-0.25, -0.2) is 0 Å². The van der Waals surface area contributed by atoms with Crippen LogP contribution in [0.1, 0.15) is 0 Å². The number of methoxy groups -OCH3 is 1. The van der Waals surface area contributed by atoms with E-state index < -0.39 is 10.4 Å². The summed E-state index contributed by atoms with van der Waals surface area (Å²) in [4.78, 5) is 4.05. The first-order chi connectivity index (χ1) is 7.27. The predicted molar refractivity (Wildman–Crippen MR) is 58.9 cm³/mol. The Labute approximate surface area is 93.0 Å². The van der Waals surface area contributed by atoms with Gasteiger partial charge in [0.15, 0.2) is 5.82 Å². The molecule has 9 heteroatoms. The fourth-order valence-corrected chi connectivity index (χ4v) is 0.766. The Balaban J connectivity index is 0.000000385. The molecular formula is C7H13N3O5S. The molecule has 0 saturated heterocycles. The third-order valence-corrected chi connectivity index (χ3v) is 1.35. The largest absolute Gasteiger partial charge is 0.481 e. The van der Waals surface area contributed by atoms with Crippen LogP contribution in [0.15, 0.2) is 12.1 Å². The van der Waals surface area contributed by atoms with Crippen LogP contribution in [0, 0.1) is 0 Å². The number of hydrogen-bond donors (Lipinski definition) is 4. The smallest absolute Gasteiger partial charge is 0.394 e. The van der Waals surface area contributed by atoms with E-state index in [0.717, 1.165) is 0 Å². The van der Waals surface area contributed by atoms with E-state index in [1.54, 1.807) is 26.3 Å². The summed E-state index contributed by atoms with van der Waals surface area (Å²) in [5, 5.41) is 2.85. The molecule has 16 heavy (non-hydrogen) atoms. The maximum absolute atomic E-state index is 8.74. The van der Waals surface area contributed by atoms with Crippen LogP contribution in [0.25, 0.3) is 0 Å². The van der Waals surface area contributed by atoms with Gasteiger partial charge in [-0.15, -0.1) is 0 Å². The van der Waals surface area contributed by atoms with E-state index >= 15 is 0 Å². The number of aromatic nitrogens is 1. The number of nitrogens with zero attached hydrogens (tertiary/aromatic N) is 1. The highest BCUT2D eigenvalue weighted by Crippen LogP contribution is 2.18. The van der Waals surface area contributed by atoms with Crippen LogP contribution in [0.5, 0.6) is 5.88 Å². The Morgan fingerprint density at radius 2 is 1.94 bits per heavy atom. The van der Waals surface area contributed by atoms with Gasteiger partial charge in [0.05, 0.1) is 12.8 Å². The van der Waals surface area contributed by atoms with Crippen molar-refractivity contribution in [2.75, 3.05) is 25.2 Å². The third kappa shape index (κ3) is 6.81. The topological polar surface area (TPSA) is 135 Å².